The molecule has 1 aromatic carbocycles. The van der Waals surface area contributed by atoms with E-state index in [4.69, 9.17) is 9.15 Å². The summed E-state index contributed by atoms with van der Waals surface area (Å²) in [6.07, 6.45) is 0. The van der Waals surface area contributed by atoms with Crippen molar-refractivity contribution in [3.8, 4) is 16.5 Å². The summed E-state index contributed by atoms with van der Waals surface area (Å²) in [5, 5.41) is 13.0. The Balaban J connectivity index is 1.71. The van der Waals surface area contributed by atoms with Crippen LogP contribution in [0.3, 0.4) is 0 Å². The Kier molecular flexibility index (Phi) is 3.64. The fourth-order valence-corrected chi connectivity index (χ4v) is 2.55. The molecule has 0 amide bonds. The number of anilines is 1. The van der Waals surface area contributed by atoms with E-state index in [-0.39, 0.29) is 0 Å². The molecule has 0 spiro atoms. The number of thiophene rings is 1. The minimum Gasteiger partial charge on any atom is -0.495 e. The third kappa shape index (κ3) is 2.65. The van der Waals surface area contributed by atoms with E-state index in [1.165, 1.54) is 11.3 Å². The smallest absolute Gasteiger partial charge is 0.316 e. The molecule has 2 aromatic heterocycles. The number of nitrogens with one attached hydrogen (secondary N) is 1. The SMILES string of the molecule is COc1ccsc1-c1nnc(NCc2ccccc2)o1. The van der Waals surface area contributed by atoms with Crippen molar-refractivity contribution < 1.29 is 9.15 Å². The van der Waals surface area contributed by atoms with Gasteiger partial charge in [0.25, 0.3) is 5.89 Å². The predicted molar refractivity (Wildman–Crippen MR) is 77.9 cm³/mol. The third-order valence-electron chi connectivity index (χ3n) is 2.75. The van der Waals surface area contributed by atoms with Crippen molar-refractivity contribution in [2.45, 2.75) is 6.54 Å². The summed E-state index contributed by atoms with van der Waals surface area (Å²) in [7, 11) is 1.62. The molecule has 3 aromatic rings. The van der Waals surface area contributed by atoms with E-state index in [0.29, 0.717) is 18.5 Å². The number of rotatable bonds is 5. The highest BCUT2D eigenvalue weighted by atomic mass is 32.1. The molecule has 0 radical (unpaired) electrons. The number of methoxy groups -OCH3 is 1. The molecule has 0 bridgehead atoms. The second kappa shape index (κ2) is 5.75. The van der Waals surface area contributed by atoms with Gasteiger partial charge in [-0.3, -0.25) is 0 Å². The minimum atomic E-state index is 0.402. The van der Waals surface area contributed by atoms with E-state index in [1.54, 1.807) is 7.11 Å². The molecule has 6 heteroatoms. The maximum absolute atomic E-state index is 5.59. The number of ether oxygens (including phenoxy) is 1. The van der Waals surface area contributed by atoms with E-state index in [9.17, 15) is 0 Å². The number of hydrogen-bond acceptors (Lipinski definition) is 6. The van der Waals surface area contributed by atoms with Gasteiger partial charge in [0.05, 0.1) is 7.11 Å². The molecule has 2 heterocycles. The molecule has 102 valence electrons. The Hall–Kier alpha value is -2.34. The molecule has 1 N–H and O–H groups in total. The average molecular weight is 287 g/mol. The van der Waals surface area contributed by atoms with Gasteiger partial charge in [-0.2, -0.15) is 0 Å². The highest BCUT2D eigenvalue weighted by Gasteiger charge is 2.14. The lowest BCUT2D eigenvalue weighted by molar-refractivity contribution is 0.416. The highest BCUT2D eigenvalue weighted by molar-refractivity contribution is 7.13. The van der Waals surface area contributed by atoms with Crippen LogP contribution in [0.2, 0.25) is 0 Å². The zero-order chi connectivity index (χ0) is 13.8. The van der Waals surface area contributed by atoms with Gasteiger partial charge >= 0.3 is 6.01 Å². The Morgan fingerprint density at radius 1 is 1.20 bits per heavy atom. The molecular weight excluding hydrogens is 274 g/mol. The molecule has 0 unspecified atom stereocenters. The first-order valence-corrected chi connectivity index (χ1v) is 6.98. The second-order valence-electron chi connectivity index (χ2n) is 4.07. The van der Waals surface area contributed by atoms with E-state index in [0.717, 1.165) is 16.2 Å². The Morgan fingerprint density at radius 3 is 2.85 bits per heavy atom. The van der Waals surface area contributed by atoms with Crippen molar-refractivity contribution in [1.29, 1.82) is 0 Å². The minimum absolute atomic E-state index is 0.402. The van der Waals surface area contributed by atoms with Gasteiger partial charge in [0.1, 0.15) is 10.6 Å². The molecule has 20 heavy (non-hydrogen) atoms. The van der Waals surface area contributed by atoms with Crippen LogP contribution in [0.4, 0.5) is 6.01 Å². The van der Waals surface area contributed by atoms with Crippen LogP contribution in [0.5, 0.6) is 5.75 Å². The van der Waals surface area contributed by atoms with Crippen molar-refractivity contribution in [3.63, 3.8) is 0 Å². The summed E-state index contributed by atoms with van der Waals surface area (Å²) in [5.74, 6) is 1.21. The third-order valence-corrected chi connectivity index (χ3v) is 3.64. The summed E-state index contributed by atoms with van der Waals surface area (Å²) >= 11 is 1.51. The number of aromatic nitrogens is 2. The molecule has 0 saturated carbocycles. The molecule has 0 fully saturated rings. The van der Waals surface area contributed by atoms with E-state index < -0.39 is 0 Å². The first kappa shape index (κ1) is 12.7. The molecule has 0 atom stereocenters. The normalized spacial score (nSPS) is 10.4. The van der Waals surface area contributed by atoms with Gasteiger partial charge in [-0.1, -0.05) is 35.4 Å². The van der Waals surface area contributed by atoms with E-state index in [1.807, 2.05) is 41.8 Å². The van der Waals surface area contributed by atoms with Crippen LogP contribution in [0.15, 0.2) is 46.2 Å². The first-order valence-electron chi connectivity index (χ1n) is 6.10. The van der Waals surface area contributed by atoms with Crippen LogP contribution in [-0.2, 0) is 6.54 Å². The summed E-state index contributed by atoms with van der Waals surface area (Å²) in [4.78, 5) is 0.841. The Morgan fingerprint density at radius 2 is 2.05 bits per heavy atom. The van der Waals surface area contributed by atoms with Gasteiger partial charge in [0.15, 0.2) is 0 Å². The first-order chi connectivity index (χ1) is 9.86. The lowest BCUT2D eigenvalue weighted by Crippen LogP contribution is -1.98. The highest BCUT2D eigenvalue weighted by Crippen LogP contribution is 2.34. The number of benzene rings is 1. The average Bonchev–Trinajstić information content (AvgIpc) is 3.14. The number of hydrogen-bond donors (Lipinski definition) is 1. The molecular formula is C14H13N3O2S. The van der Waals surface area contributed by atoms with Gasteiger partial charge in [-0.25, -0.2) is 0 Å². The predicted octanol–water partition coefficient (Wildman–Crippen LogP) is 3.42. The van der Waals surface area contributed by atoms with Gasteiger partial charge in [0.2, 0.25) is 0 Å². The maximum atomic E-state index is 5.59. The van der Waals surface area contributed by atoms with E-state index >= 15 is 0 Å². The maximum Gasteiger partial charge on any atom is 0.316 e. The van der Waals surface area contributed by atoms with Crippen molar-refractivity contribution in [2.24, 2.45) is 0 Å². The monoisotopic (exact) mass is 287 g/mol. The molecule has 5 nitrogen and oxygen atoms in total. The van der Waals surface area contributed by atoms with Gasteiger partial charge < -0.3 is 14.5 Å². The van der Waals surface area contributed by atoms with Crippen molar-refractivity contribution in [2.75, 3.05) is 12.4 Å². The molecule has 0 aliphatic heterocycles. The van der Waals surface area contributed by atoms with Crippen molar-refractivity contribution in [3.05, 3.63) is 47.3 Å². The lowest BCUT2D eigenvalue weighted by atomic mass is 10.2. The molecule has 3 rings (SSSR count). The molecule has 0 aliphatic carbocycles. The summed E-state index contributed by atoms with van der Waals surface area (Å²) < 4.78 is 10.8. The fourth-order valence-electron chi connectivity index (χ4n) is 1.77. The van der Waals surface area contributed by atoms with Crippen molar-refractivity contribution in [1.82, 2.24) is 10.2 Å². The fraction of sp³-hybridized carbons (Fsp3) is 0.143. The summed E-state index contributed by atoms with van der Waals surface area (Å²) in [5.41, 5.74) is 1.15. The van der Waals surface area contributed by atoms with Gasteiger partial charge in [0, 0.05) is 6.54 Å². The van der Waals surface area contributed by atoms with Crippen LogP contribution >= 0.6 is 11.3 Å². The standard InChI is InChI=1S/C14H13N3O2S/c1-18-11-7-8-20-12(11)13-16-17-14(19-13)15-9-10-5-3-2-4-6-10/h2-8H,9H2,1H3,(H,15,17). The topological polar surface area (TPSA) is 60.2 Å². The quantitative estimate of drug-likeness (QED) is 0.779. The zero-order valence-electron chi connectivity index (χ0n) is 10.9. The van der Waals surface area contributed by atoms with Crippen LogP contribution in [0.1, 0.15) is 5.56 Å². The largest absolute Gasteiger partial charge is 0.495 e. The summed E-state index contributed by atoms with van der Waals surface area (Å²) in [6.45, 7) is 0.643. The second-order valence-corrected chi connectivity index (χ2v) is 4.99. The molecule has 0 aliphatic rings. The van der Waals surface area contributed by atoms with Crippen LogP contribution in [0.25, 0.3) is 10.8 Å². The van der Waals surface area contributed by atoms with Gasteiger partial charge in [-0.15, -0.1) is 16.4 Å². The van der Waals surface area contributed by atoms with Crippen LogP contribution in [0, 0.1) is 0 Å². The number of nitrogens with zero attached hydrogens (tertiary/aromatic N) is 2. The van der Waals surface area contributed by atoms with Crippen LogP contribution < -0.4 is 10.1 Å². The summed E-state index contributed by atoms with van der Waals surface area (Å²) in [6, 6.07) is 12.3. The Bertz CT molecular complexity index is 679. The Labute approximate surface area is 120 Å². The molecule has 0 saturated heterocycles. The van der Waals surface area contributed by atoms with Crippen LogP contribution in [-0.4, -0.2) is 17.3 Å². The lowest BCUT2D eigenvalue weighted by Gasteiger charge is -2.00. The zero-order valence-corrected chi connectivity index (χ0v) is 11.7. The van der Waals surface area contributed by atoms with Crippen molar-refractivity contribution >= 4 is 17.4 Å². The van der Waals surface area contributed by atoms with Gasteiger partial charge in [-0.05, 0) is 17.0 Å². The van der Waals surface area contributed by atoms with E-state index in [2.05, 4.69) is 15.5 Å².